The summed E-state index contributed by atoms with van der Waals surface area (Å²) in [6.07, 6.45) is 3.21. The number of nitrogens with zero attached hydrogens (tertiary/aromatic N) is 2. The molecule has 2 aliphatic heterocycles. The number of fused-ring (bicyclic) bond motifs is 1. The highest BCUT2D eigenvalue weighted by atomic mass is 19.1. The number of carbonyl (C=O) groups excluding carboxylic acids is 3. The van der Waals surface area contributed by atoms with Crippen molar-refractivity contribution in [2.45, 2.75) is 58.9 Å². The standard InChI is InChI=1S/C28H33FN4O3/c1-6-10-33-24-14-22(29)19(12-21(24)18(3)15-28(33,4)5)13-23-26(35)32(27(36)31-23)16-25(34)30-20-9-7-8-17(2)11-20/h7-9,11-14,18H,6,10,15-16H2,1-5H3,(H,30,34)(H,31,36)/b23-13+. The fourth-order valence-corrected chi connectivity index (χ4v) is 5.22. The highest BCUT2D eigenvalue weighted by Gasteiger charge is 2.38. The van der Waals surface area contributed by atoms with Crippen LogP contribution in [-0.4, -0.2) is 41.4 Å². The van der Waals surface area contributed by atoms with Gasteiger partial charge in [-0.05, 0) is 81.0 Å². The number of aryl methyl sites for hydroxylation is 1. The van der Waals surface area contributed by atoms with Crippen LogP contribution < -0.4 is 15.5 Å². The zero-order valence-corrected chi connectivity index (χ0v) is 21.4. The van der Waals surface area contributed by atoms with Gasteiger partial charge in [0.15, 0.2) is 0 Å². The van der Waals surface area contributed by atoms with Gasteiger partial charge in [-0.15, -0.1) is 0 Å². The molecule has 0 bridgehead atoms. The number of imide groups is 1. The number of halogens is 1. The van der Waals surface area contributed by atoms with Gasteiger partial charge >= 0.3 is 6.03 Å². The molecule has 0 saturated carbocycles. The van der Waals surface area contributed by atoms with Crippen molar-refractivity contribution in [3.63, 3.8) is 0 Å². The summed E-state index contributed by atoms with van der Waals surface area (Å²) in [5.74, 6) is -1.43. The quantitative estimate of drug-likeness (QED) is 0.431. The number of benzene rings is 2. The van der Waals surface area contributed by atoms with E-state index in [-0.39, 0.29) is 22.7 Å². The lowest BCUT2D eigenvalue weighted by molar-refractivity contribution is -0.127. The zero-order valence-electron chi connectivity index (χ0n) is 21.4. The van der Waals surface area contributed by atoms with Gasteiger partial charge in [0.1, 0.15) is 18.1 Å². The molecule has 1 fully saturated rings. The normalized spacial score (nSPS) is 19.9. The molecule has 1 unspecified atom stereocenters. The molecule has 190 valence electrons. The molecule has 0 aliphatic carbocycles. The van der Waals surface area contributed by atoms with Crippen molar-refractivity contribution in [1.29, 1.82) is 0 Å². The van der Waals surface area contributed by atoms with Crippen LogP contribution in [0.4, 0.5) is 20.6 Å². The Morgan fingerprint density at radius 3 is 2.69 bits per heavy atom. The fourth-order valence-electron chi connectivity index (χ4n) is 5.22. The molecule has 2 aromatic rings. The SMILES string of the molecule is CCCN1c2cc(F)c(/C=C3/NC(=O)N(CC(=O)Nc4cccc(C)c4)C3=O)cc2C(C)CC1(C)C. The van der Waals surface area contributed by atoms with Crippen molar-refractivity contribution >= 4 is 35.3 Å². The Morgan fingerprint density at radius 1 is 1.25 bits per heavy atom. The summed E-state index contributed by atoms with van der Waals surface area (Å²) in [6, 6.07) is 9.80. The van der Waals surface area contributed by atoms with Crippen molar-refractivity contribution < 1.29 is 18.8 Å². The molecule has 7 nitrogen and oxygen atoms in total. The van der Waals surface area contributed by atoms with Crippen LogP contribution in [0.15, 0.2) is 42.1 Å². The van der Waals surface area contributed by atoms with E-state index < -0.39 is 30.2 Å². The van der Waals surface area contributed by atoms with Gasteiger partial charge < -0.3 is 15.5 Å². The number of nitrogens with one attached hydrogen (secondary N) is 2. The van der Waals surface area contributed by atoms with E-state index in [1.807, 2.05) is 13.0 Å². The molecule has 4 amide bonds. The molecule has 36 heavy (non-hydrogen) atoms. The Labute approximate surface area is 211 Å². The summed E-state index contributed by atoms with van der Waals surface area (Å²) in [5.41, 5.74) is 3.51. The summed E-state index contributed by atoms with van der Waals surface area (Å²) < 4.78 is 15.3. The second-order valence-electron chi connectivity index (χ2n) is 10.3. The third-order valence-electron chi connectivity index (χ3n) is 6.82. The Balaban J connectivity index is 1.56. The molecule has 0 radical (unpaired) electrons. The van der Waals surface area contributed by atoms with Gasteiger partial charge in [0.2, 0.25) is 5.91 Å². The number of hydrogen-bond donors (Lipinski definition) is 2. The number of hydrogen-bond acceptors (Lipinski definition) is 4. The lowest BCUT2D eigenvalue weighted by Gasteiger charge is -2.47. The highest BCUT2D eigenvalue weighted by Crippen LogP contribution is 2.44. The fraction of sp³-hybridized carbons (Fsp3) is 0.393. The monoisotopic (exact) mass is 492 g/mol. The molecule has 1 saturated heterocycles. The maximum absolute atomic E-state index is 15.3. The molecule has 2 N–H and O–H groups in total. The number of anilines is 2. The molecule has 0 aromatic heterocycles. The Kier molecular flexibility index (Phi) is 6.89. The third-order valence-corrected chi connectivity index (χ3v) is 6.82. The van der Waals surface area contributed by atoms with Crippen molar-refractivity contribution in [3.8, 4) is 0 Å². The van der Waals surface area contributed by atoms with Gasteiger partial charge in [0.05, 0.1) is 0 Å². The van der Waals surface area contributed by atoms with Crippen molar-refractivity contribution in [1.82, 2.24) is 10.2 Å². The van der Waals surface area contributed by atoms with E-state index in [1.54, 1.807) is 24.3 Å². The number of rotatable bonds is 6. The number of urea groups is 1. The first-order chi connectivity index (χ1) is 17.0. The molecule has 8 heteroatoms. The molecule has 2 aromatic carbocycles. The summed E-state index contributed by atoms with van der Waals surface area (Å²) in [4.78, 5) is 40.9. The molecule has 0 spiro atoms. The molecule has 4 rings (SSSR count). The Morgan fingerprint density at radius 2 is 2.00 bits per heavy atom. The van der Waals surface area contributed by atoms with Crippen molar-refractivity contribution in [3.05, 3.63) is 64.6 Å². The number of carbonyl (C=O) groups is 3. The first-order valence-electron chi connectivity index (χ1n) is 12.3. The van der Waals surface area contributed by atoms with Gasteiger partial charge in [-0.2, -0.15) is 0 Å². The van der Waals surface area contributed by atoms with E-state index in [9.17, 15) is 14.4 Å². The van der Waals surface area contributed by atoms with Crippen LogP contribution in [0.2, 0.25) is 0 Å². The van der Waals surface area contributed by atoms with Gasteiger partial charge in [-0.1, -0.05) is 26.0 Å². The lowest BCUT2D eigenvalue weighted by Crippen LogP contribution is -2.48. The molecule has 1 atom stereocenters. The van der Waals surface area contributed by atoms with E-state index in [4.69, 9.17) is 0 Å². The molecule has 2 aliphatic rings. The minimum absolute atomic E-state index is 0.0589. The summed E-state index contributed by atoms with van der Waals surface area (Å²) in [5, 5.41) is 5.17. The van der Waals surface area contributed by atoms with Gasteiger partial charge in [-0.3, -0.25) is 9.59 Å². The Hall–Kier alpha value is -3.68. The van der Waals surface area contributed by atoms with E-state index >= 15 is 4.39 Å². The highest BCUT2D eigenvalue weighted by molar-refractivity contribution is 6.16. The van der Waals surface area contributed by atoms with E-state index in [2.05, 4.69) is 43.2 Å². The largest absolute Gasteiger partial charge is 0.366 e. The Bertz CT molecular complexity index is 1250. The van der Waals surface area contributed by atoms with Crippen LogP contribution in [0.25, 0.3) is 6.08 Å². The van der Waals surface area contributed by atoms with E-state index in [1.165, 1.54) is 12.1 Å². The van der Waals surface area contributed by atoms with Crippen LogP contribution in [0.5, 0.6) is 0 Å². The second-order valence-corrected chi connectivity index (χ2v) is 10.3. The van der Waals surface area contributed by atoms with Crippen LogP contribution in [-0.2, 0) is 9.59 Å². The summed E-state index contributed by atoms with van der Waals surface area (Å²) in [6.45, 7) is 10.8. The molecular formula is C28H33FN4O3. The first kappa shape index (κ1) is 25.4. The predicted molar refractivity (Wildman–Crippen MR) is 139 cm³/mol. The zero-order chi connectivity index (χ0) is 26.2. The van der Waals surface area contributed by atoms with Crippen molar-refractivity contribution in [2.75, 3.05) is 23.3 Å². The third kappa shape index (κ3) is 4.98. The smallest absolute Gasteiger partial charge is 0.329 e. The van der Waals surface area contributed by atoms with Crippen LogP contribution in [0.1, 0.15) is 63.1 Å². The van der Waals surface area contributed by atoms with Crippen molar-refractivity contribution in [2.24, 2.45) is 0 Å². The maximum Gasteiger partial charge on any atom is 0.329 e. The van der Waals surface area contributed by atoms with Crippen LogP contribution in [0.3, 0.4) is 0 Å². The molecule has 2 heterocycles. The van der Waals surface area contributed by atoms with Crippen LogP contribution >= 0.6 is 0 Å². The minimum Gasteiger partial charge on any atom is -0.366 e. The maximum atomic E-state index is 15.3. The van der Waals surface area contributed by atoms with Gasteiger partial charge in [0.25, 0.3) is 5.91 Å². The van der Waals surface area contributed by atoms with E-state index in [0.717, 1.165) is 41.1 Å². The van der Waals surface area contributed by atoms with Gasteiger partial charge in [0, 0.05) is 29.0 Å². The topological polar surface area (TPSA) is 81.8 Å². The van der Waals surface area contributed by atoms with E-state index in [0.29, 0.717) is 5.69 Å². The first-order valence-corrected chi connectivity index (χ1v) is 12.3. The number of amides is 4. The second kappa shape index (κ2) is 9.76. The molecular weight excluding hydrogens is 459 g/mol. The summed E-state index contributed by atoms with van der Waals surface area (Å²) >= 11 is 0. The van der Waals surface area contributed by atoms with Crippen LogP contribution in [0, 0.1) is 12.7 Å². The average molecular weight is 493 g/mol. The summed E-state index contributed by atoms with van der Waals surface area (Å²) in [7, 11) is 0. The minimum atomic E-state index is -0.715. The lowest BCUT2D eigenvalue weighted by atomic mass is 9.79. The average Bonchev–Trinajstić information content (AvgIpc) is 3.04. The van der Waals surface area contributed by atoms with Gasteiger partial charge in [-0.25, -0.2) is 14.1 Å². The predicted octanol–water partition coefficient (Wildman–Crippen LogP) is 5.17.